The number of carbonyl (C=O) groups excluding carboxylic acids is 3. The lowest BCUT2D eigenvalue weighted by atomic mass is 9.80. The minimum Gasteiger partial charge on any atom is -0.369 e. The average Bonchev–Trinajstić information content (AvgIpc) is 3.58. The third kappa shape index (κ3) is 6.92. The van der Waals surface area contributed by atoms with Crippen LogP contribution in [0.3, 0.4) is 0 Å². The van der Waals surface area contributed by atoms with Crippen molar-refractivity contribution in [1.29, 1.82) is 0 Å². The van der Waals surface area contributed by atoms with Gasteiger partial charge in [-0.05, 0) is 65.6 Å². The van der Waals surface area contributed by atoms with Crippen molar-refractivity contribution in [1.82, 2.24) is 5.32 Å². The van der Waals surface area contributed by atoms with Crippen LogP contribution in [0.2, 0.25) is 0 Å². The molecule has 6 nitrogen and oxygen atoms in total. The Hall–Kier alpha value is -4.97. The maximum absolute atomic E-state index is 14.8. The molecule has 6 rings (SSSR count). The number of nitrogens with zero attached hydrogens (tertiary/aromatic N) is 1. The quantitative estimate of drug-likeness (QED) is 0.166. The lowest BCUT2D eigenvalue weighted by Gasteiger charge is -2.30. The van der Waals surface area contributed by atoms with Crippen LogP contribution in [-0.4, -0.2) is 17.7 Å². The molecule has 0 radical (unpaired) electrons. The van der Waals surface area contributed by atoms with Gasteiger partial charge in [0.2, 0.25) is 11.8 Å². The number of primary amides is 1. The van der Waals surface area contributed by atoms with E-state index in [1.54, 1.807) is 11.0 Å². The lowest BCUT2D eigenvalue weighted by molar-refractivity contribution is -0.136. The molecule has 1 fully saturated rings. The highest BCUT2D eigenvalue weighted by atomic mass is 16.2. The van der Waals surface area contributed by atoms with E-state index < -0.39 is 23.8 Å². The maximum Gasteiger partial charge on any atom is 0.254 e. The Kier molecular flexibility index (Phi) is 9.67. The fourth-order valence-corrected chi connectivity index (χ4v) is 7.39. The van der Waals surface area contributed by atoms with E-state index in [1.165, 1.54) is 5.56 Å². The zero-order chi connectivity index (χ0) is 32.9. The van der Waals surface area contributed by atoms with Crippen LogP contribution in [0.15, 0.2) is 110 Å². The largest absolute Gasteiger partial charge is 0.369 e. The summed E-state index contributed by atoms with van der Waals surface area (Å²) < 4.78 is 0. The van der Waals surface area contributed by atoms with Crippen LogP contribution in [0.25, 0.3) is 22.3 Å². The molecule has 0 spiro atoms. The molecule has 3 unspecified atom stereocenters. The highest BCUT2D eigenvalue weighted by molar-refractivity contribution is 6.06. The van der Waals surface area contributed by atoms with Crippen LogP contribution in [0.1, 0.15) is 61.3 Å². The minimum absolute atomic E-state index is 0.226. The van der Waals surface area contributed by atoms with E-state index in [-0.39, 0.29) is 11.8 Å². The summed E-state index contributed by atoms with van der Waals surface area (Å²) in [6.07, 6.45) is 6.82. The standard InChI is InChI=1S/C41H43N3O3/c1-3-11-35(39(42)45)36(25-28-12-4-5-13-28)40(46)43-38-34-18-7-6-16-32(34)33-17-8-9-19-37(33)44(41(38)47)26-29-14-10-15-31(24-29)30-22-20-27(2)21-23-30/h3,6-10,14-24,28,35-36,38H,1,4-5,11-13,25-26H2,2H3,(H2,42,45)(H,43,46). The van der Waals surface area contributed by atoms with Gasteiger partial charge >= 0.3 is 0 Å². The number of hydrogen-bond donors (Lipinski definition) is 2. The second kappa shape index (κ2) is 14.2. The monoisotopic (exact) mass is 625 g/mol. The minimum atomic E-state index is -0.949. The molecule has 1 heterocycles. The van der Waals surface area contributed by atoms with Crippen LogP contribution in [-0.2, 0) is 20.9 Å². The molecule has 3 N–H and O–H groups in total. The molecule has 0 saturated heterocycles. The second-order valence-electron chi connectivity index (χ2n) is 13.1. The molecule has 0 aromatic heterocycles. The molecule has 3 atom stereocenters. The number of amides is 3. The van der Waals surface area contributed by atoms with Crippen LogP contribution in [0, 0.1) is 24.7 Å². The number of allylic oxidation sites excluding steroid dienone is 1. The summed E-state index contributed by atoms with van der Waals surface area (Å²) in [5.41, 5.74) is 13.6. The number of benzene rings is 4. The molecule has 47 heavy (non-hydrogen) atoms. The number of anilines is 1. The first kappa shape index (κ1) is 32.0. The van der Waals surface area contributed by atoms with Crippen molar-refractivity contribution in [3.63, 3.8) is 0 Å². The number of fused-ring (bicyclic) bond motifs is 3. The summed E-state index contributed by atoms with van der Waals surface area (Å²) in [4.78, 5) is 43.6. The maximum atomic E-state index is 14.8. The molecular formula is C41H43N3O3. The molecule has 2 aliphatic rings. The number of rotatable bonds is 11. The van der Waals surface area contributed by atoms with E-state index in [4.69, 9.17) is 5.73 Å². The van der Waals surface area contributed by atoms with Gasteiger partial charge in [0, 0.05) is 5.56 Å². The van der Waals surface area contributed by atoms with Gasteiger partial charge in [-0.3, -0.25) is 14.4 Å². The van der Waals surface area contributed by atoms with E-state index >= 15 is 0 Å². The smallest absolute Gasteiger partial charge is 0.254 e. The van der Waals surface area contributed by atoms with E-state index in [2.05, 4.69) is 55.2 Å². The fourth-order valence-electron chi connectivity index (χ4n) is 7.39. The van der Waals surface area contributed by atoms with Gasteiger partial charge in [0.1, 0.15) is 6.04 Å². The van der Waals surface area contributed by atoms with E-state index in [0.717, 1.165) is 64.8 Å². The van der Waals surface area contributed by atoms with Gasteiger partial charge < -0.3 is 16.0 Å². The van der Waals surface area contributed by atoms with Crippen LogP contribution < -0.4 is 16.0 Å². The van der Waals surface area contributed by atoms with Crippen molar-refractivity contribution in [2.75, 3.05) is 4.90 Å². The predicted octanol–water partition coefficient (Wildman–Crippen LogP) is 7.91. The summed E-state index contributed by atoms with van der Waals surface area (Å²) in [6.45, 7) is 6.22. The first-order chi connectivity index (χ1) is 22.8. The SMILES string of the molecule is C=CCC(C(N)=O)C(CC1CCCC1)C(=O)NC1C(=O)N(Cc2cccc(-c3ccc(C)cc3)c2)c2ccccc2-c2ccccc21. The summed E-state index contributed by atoms with van der Waals surface area (Å²) in [5.74, 6) is -2.06. The first-order valence-electron chi connectivity index (χ1n) is 16.7. The molecule has 1 aliphatic heterocycles. The van der Waals surface area contributed by atoms with Crippen molar-refractivity contribution in [2.45, 2.75) is 58.0 Å². The van der Waals surface area contributed by atoms with Gasteiger partial charge in [-0.15, -0.1) is 6.58 Å². The predicted molar refractivity (Wildman–Crippen MR) is 188 cm³/mol. The van der Waals surface area contributed by atoms with Crippen molar-refractivity contribution < 1.29 is 14.4 Å². The molecule has 3 amide bonds. The Morgan fingerprint density at radius 3 is 2.32 bits per heavy atom. The summed E-state index contributed by atoms with van der Waals surface area (Å²) in [7, 11) is 0. The van der Waals surface area contributed by atoms with Crippen LogP contribution in [0.5, 0.6) is 0 Å². The molecule has 1 saturated carbocycles. The van der Waals surface area contributed by atoms with Crippen LogP contribution >= 0.6 is 0 Å². The van der Waals surface area contributed by atoms with Gasteiger partial charge in [-0.25, -0.2) is 0 Å². The fraction of sp³-hybridized carbons (Fsp3) is 0.293. The van der Waals surface area contributed by atoms with Gasteiger partial charge in [-0.2, -0.15) is 0 Å². The Morgan fingerprint density at radius 1 is 0.894 bits per heavy atom. The first-order valence-corrected chi connectivity index (χ1v) is 16.7. The Morgan fingerprint density at radius 2 is 1.60 bits per heavy atom. The van der Waals surface area contributed by atoms with E-state index in [9.17, 15) is 14.4 Å². The highest BCUT2D eigenvalue weighted by Gasteiger charge is 2.39. The van der Waals surface area contributed by atoms with Crippen molar-refractivity contribution in [3.8, 4) is 22.3 Å². The normalized spacial score (nSPS) is 17.3. The average molecular weight is 626 g/mol. The number of nitrogens with one attached hydrogen (secondary N) is 1. The third-order valence-electron chi connectivity index (χ3n) is 9.88. The van der Waals surface area contributed by atoms with Crippen molar-refractivity contribution >= 4 is 23.4 Å². The number of carbonyl (C=O) groups is 3. The topological polar surface area (TPSA) is 92.5 Å². The van der Waals surface area contributed by atoms with Crippen molar-refractivity contribution in [3.05, 3.63) is 126 Å². The Bertz CT molecular complexity index is 1770. The molecule has 4 aromatic rings. The number of hydrogen-bond acceptors (Lipinski definition) is 3. The molecular weight excluding hydrogens is 582 g/mol. The van der Waals surface area contributed by atoms with Gasteiger partial charge in [0.15, 0.2) is 0 Å². The number of para-hydroxylation sites is 1. The summed E-state index contributed by atoms with van der Waals surface area (Å²) in [5, 5.41) is 3.15. The van der Waals surface area contributed by atoms with Crippen LogP contribution in [0.4, 0.5) is 5.69 Å². The number of aryl methyl sites for hydroxylation is 1. The summed E-state index contributed by atoms with van der Waals surface area (Å²) in [6, 6.07) is 31.4. The second-order valence-corrected chi connectivity index (χ2v) is 13.1. The zero-order valence-electron chi connectivity index (χ0n) is 27.0. The molecule has 6 heteroatoms. The molecule has 1 aliphatic carbocycles. The highest BCUT2D eigenvalue weighted by Crippen LogP contribution is 2.42. The molecule has 0 bridgehead atoms. The van der Waals surface area contributed by atoms with E-state index in [1.807, 2.05) is 60.7 Å². The molecule has 240 valence electrons. The zero-order valence-corrected chi connectivity index (χ0v) is 27.0. The van der Waals surface area contributed by atoms with Gasteiger partial charge in [-0.1, -0.05) is 122 Å². The number of nitrogens with two attached hydrogens (primary N) is 1. The van der Waals surface area contributed by atoms with Gasteiger partial charge in [0.05, 0.1) is 24.1 Å². The lowest BCUT2D eigenvalue weighted by Crippen LogP contribution is -2.47. The van der Waals surface area contributed by atoms with Gasteiger partial charge in [0.25, 0.3) is 5.91 Å². The van der Waals surface area contributed by atoms with E-state index in [0.29, 0.717) is 25.3 Å². The Labute approximate surface area is 277 Å². The third-order valence-corrected chi connectivity index (χ3v) is 9.88. The Balaban J connectivity index is 1.38. The summed E-state index contributed by atoms with van der Waals surface area (Å²) >= 11 is 0. The molecule has 4 aromatic carbocycles. The van der Waals surface area contributed by atoms with Crippen molar-refractivity contribution in [2.24, 2.45) is 23.5 Å².